The van der Waals surface area contributed by atoms with Gasteiger partial charge in [0.2, 0.25) is 5.62 Å². The number of carbonyl (C=O) groups is 2. The zero-order valence-electron chi connectivity index (χ0n) is 25.8. The number of aromatic nitrogens is 4. The summed E-state index contributed by atoms with van der Waals surface area (Å²) in [6, 6.07) is 27.6. The molecule has 44 heavy (non-hydrogen) atoms. The molecule has 1 atom stereocenters. The highest BCUT2D eigenvalue weighted by Crippen LogP contribution is 2.22. The summed E-state index contributed by atoms with van der Waals surface area (Å²) in [6.45, 7) is 10.3. The van der Waals surface area contributed by atoms with Crippen molar-refractivity contribution >= 4 is 23.0 Å². The molecule has 0 radical (unpaired) electrons. The van der Waals surface area contributed by atoms with Crippen molar-refractivity contribution in [3.05, 3.63) is 125 Å². The lowest BCUT2D eigenvalue weighted by Crippen LogP contribution is -2.38. The Labute approximate surface area is 257 Å². The Morgan fingerprint density at radius 1 is 0.864 bits per heavy atom. The van der Waals surface area contributed by atoms with E-state index >= 15 is 0 Å². The van der Waals surface area contributed by atoms with E-state index in [1.165, 1.54) is 6.20 Å². The molecule has 0 spiro atoms. The molecule has 0 saturated heterocycles. The molecular formula is C35H38N6O3. The molecule has 9 heteroatoms. The number of carbonyl (C=O) groups excluding carboxylic acids is 2. The first-order valence-electron chi connectivity index (χ1n) is 14.7. The van der Waals surface area contributed by atoms with E-state index in [0.717, 1.165) is 33.3 Å². The molecule has 0 aliphatic heterocycles. The van der Waals surface area contributed by atoms with Gasteiger partial charge in [-0.3, -0.25) is 4.79 Å². The Hall–Kier alpha value is -5.05. The molecule has 5 aromatic rings. The smallest absolute Gasteiger partial charge is 0.437 e. The summed E-state index contributed by atoms with van der Waals surface area (Å²) in [5, 5.41) is 10.9. The van der Waals surface area contributed by atoms with E-state index in [2.05, 4.69) is 76.0 Å². The maximum Gasteiger partial charge on any atom is 0.437 e. The van der Waals surface area contributed by atoms with Gasteiger partial charge in [-0.15, -0.1) is 10.1 Å². The van der Waals surface area contributed by atoms with Crippen LogP contribution in [-0.4, -0.2) is 43.5 Å². The Morgan fingerprint density at radius 3 is 2.11 bits per heavy atom. The minimum absolute atomic E-state index is 0.229. The largest absolute Gasteiger partial charge is 0.442 e. The monoisotopic (exact) mass is 590 g/mol. The van der Waals surface area contributed by atoms with Crippen molar-refractivity contribution in [2.45, 2.75) is 59.2 Å². The molecule has 2 aromatic heterocycles. The van der Waals surface area contributed by atoms with Crippen molar-refractivity contribution in [1.29, 1.82) is 0 Å². The second kappa shape index (κ2) is 13.1. The van der Waals surface area contributed by atoms with Crippen LogP contribution in [0.15, 0.2) is 96.1 Å². The topological polar surface area (TPSA) is 103 Å². The molecule has 0 fully saturated rings. The highest BCUT2D eigenvalue weighted by molar-refractivity contribution is 5.92. The van der Waals surface area contributed by atoms with E-state index in [1.807, 2.05) is 61.1 Å². The normalized spacial score (nSPS) is 12.7. The predicted molar refractivity (Wildman–Crippen MR) is 170 cm³/mol. The van der Waals surface area contributed by atoms with Gasteiger partial charge in [-0.2, -0.15) is 5.10 Å². The van der Waals surface area contributed by atoms with Crippen LogP contribution in [0.2, 0.25) is 0 Å². The Bertz CT molecular complexity index is 1820. The Kier molecular flexibility index (Phi) is 9.04. The van der Waals surface area contributed by atoms with E-state index < -0.39 is 11.7 Å². The number of aryl methyl sites for hydroxylation is 2. The summed E-state index contributed by atoms with van der Waals surface area (Å²) >= 11 is 0. The number of hydrogen-bond acceptors (Lipinski definition) is 5. The van der Waals surface area contributed by atoms with E-state index in [-0.39, 0.29) is 24.2 Å². The summed E-state index contributed by atoms with van der Waals surface area (Å²) in [7, 11) is 0. The quantitative estimate of drug-likeness (QED) is 0.241. The maximum atomic E-state index is 13.3. The number of fused-ring (bicyclic) bond motifs is 1. The lowest BCUT2D eigenvalue weighted by molar-refractivity contribution is 0.0592. The third-order valence-electron chi connectivity index (χ3n) is 7.20. The Morgan fingerprint density at radius 2 is 1.50 bits per heavy atom. The summed E-state index contributed by atoms with van der Waals surface area (Å²) < 4.78 is 9.75. The number of amides is 2. The second-order valence-corrected chi connectivity index (χ2v) is 12.0. The van der Waals surface area contributed by atoms with Gasteiger partial charge >= 0.3 is 6.09 Å². The fraction of sp³-hybridized carbons (Fsp3) is 0.286. The van der Waals surface area contributed by atoms with E-state index in [1.54, 1.807) is 12.1 Å². The number of nitrogens with zero attached hydrogens (tertiary/aromatic N) is 5. The second-order valence-electron chi connectivity index (χ2n) is 12.0. The summed E-state index contributed by atoms with van der Waals surface area (Å²) in [5.74, 6) is -0.332. The van der Waals surface area contributed by atoms with Gasteiger partial charge in [-0.05, 0) is 76.4 Å². The minimum atomic E-state index is -0.717. The van der Waals surface area contributed by atoms with Crippen LogP contribution in [0, 0.1) is 13.8 Å². The lowest BCUT2D eigenvalue weighted by atomic mass is 10.0. The molecule has 1 N–H and O–H groups in total. The van der Waals surface area contributed by atoms with E-state index in [9.17, 15) is 9.59 Å². The van der Waals surface area contributed by atoms with E-state index in [0.29, 0.717) is 18.6 Å². The third kappa shape index (κ3) is 7.47. The zero-order chi connectivity index (χ0) is 31.3. The van der Waals surface area contributed by atoms with Gasteiger partial charge in [0.05, 0.1) is 23.6 Å². The first kappa shape index (κ1) is 30.4. The molecule has 0 aliphatic rings. The predicted octanol–water partition coefficient (Wildman–Crippen LogP) is 5.95. The first-order valence-corrected chi connectivity index (χ1v) is 14.7. The number of benzene rings is 3. The van der Waals surface area contributed by atoms with Gasteiger partial charge in [-0.1, -0.05) is 71.8 Å². The SMILES string of the molecule is Cc1ccc(CC(CNC(=O)c2cccnn2)n2c(=NC(=O)OC(C)(C)C)n(Cc3ccc(C)cc3)c3ccccc32)cc1. The molecular weight excluding hydrogens is 552 g/mol. The van der Waals surface area contributed by atoms with Crippen molar-refractivity contribution in [1.82, 2.24) is 24.6 Å². The highest BCUT2D eigenvalue weighted by atomic mass is 16.6. The minimum Gasteiger partial charge on any atom is -0.442 e. The van der Waals surface area contributed by atoms with Crippen molar-refractivity contribution in [2.24, 2.45) is 4.99 Å². The number of rotatable bonds is 8. The summed E-state index contributed by atoms with van der Waals surface area (Å²) in [6.07, 6.45) is 1.42. The van der Waals surface area contributed by atoms with Gasteiger partial charge in [0, 0.05) is 12.7 Å². The molecule has 9 nitrogen and oxygen atoms in total. The first-order chi connectivity index (χ1) is 21.1. The third-order valence-corrected chi connectivity index (χ3v) is 7.20. The summed E-state index contributed by atoms with van der Waals surface area (Å²) in [4.78, 5) is 31.0. The molecule has 5 rings (SSSR count). The van der Waals surface area contributed by atoms with Crippen LogP contribution >= 0.6 is 0 Å². The van der Waals surface area contributed by atoms with Gasteiger partial charge in [0.15, 0.2) is 5.69 Å². The van der Waals surface area contributed by atoms with Crippen LogP contribution in [0.25, 0.3) is 11.0 Å². The number of hydrogen-bond donors (Lipinski definition) is 1. The van der Waals surface area contributed by atoms with Gasteiger partial charge < -0.3 is 19.2 Å². The number of nitrogens with one attached hydrogen (secondary N) is 1. The van der Waals surface area contributed by atoms with Crippen molar-refractivity contribution < 1.29 is 14.3 Å². The van der Waals surface area contributed by atoms with Crippen LogP contribution in [0.3, 0.4) is 0 Å². The van der Waals surface area contributed by atoms with Gasteiger partial charge in [0.1, 0.15) is 5.60 Å². The van der Waals surface area contributed by atoms with Crippen LogP contribution in [0.4, 0.5) is 4.79 Å². The lowest BCUT2D eigenvalue weighted by Gasteiger charge is -2.21. The molecule has 226 valence electrons. The number of para-hydroxylation sites is 2. The van der Waals surface area contributed by atoms with Crippen LogP contribution < -0.4 is 10.9 Å². The van der Waals surface area contributed by atoms with Gasteiger partial charge in [0.25, 0.3) is 5.91 Å². The standard InChI is InChI=1S/C35H38N6O3/c1-24-12-16-26(17-13-24)21-28(22-36-32(42)29-9-8-20-37-39-29)41-31-11-7-6-10-30(31)40(23-27-18-14-25(2)15-19-27)33(41)38-34(43)44-35(3,4)5/h6-20,28H,21-23H2,1-5H3,(H,36,42). The fourth-order valence-corrected chi connectivity index (χ4v) is 5.09. The average molecular weight is 591 g/mol. The number of ether oxygens (including phenoxy) is 1. The molecule has 1 unspecified atom stereocenters. The van der Waals surface area contributed by atoms with Crippen LogP contribution in [0.1, 0.15) is 59.6 Å². The molecule has 0 saturated carbocycles. The molecule has 2 heterocycles. The average Bonchev–Trinajstić information content (AvgIpc) is 3.29. The maximum absolute atomic E-state index is 13.3. The fourth-order valence-electron chi connectivity index (χ4n) is 5.09. The highest BCUT2D eigenvalue weighted by Gasteiger charge is 2.24. The van der Waals surface area contributed by atoms with Crippen molar-refractivity contribution in [3.63, 3.8) is 0 Å². The molecule has 0 bridgehead atoms. The van der Waals surface area contributed by atoms with E-state index in [4.69, 9.17) is 4.74 Å². The van der Waals surface area contributed by atoms with Crippen molar-refractivity contribution in [2.75, 3.05) is 6.54 Å². The molecule has 0 aliphatic carbocycles. The van der Waals surface area contributed by atoms with Crippen molar-refractivity contribution in [3.8, 4) is 0 Å². The summed E-state index contributed by atoms with van der Waals surface area (Å²) in [5.41, 5.74) is 6.21. The molecule has 3 aromatic carbocycles. The van der Waals surface area contributed by atoms with Gasteiger partial charge in [-0.25, -0.2) is 4.79 Å². The van der Waals surface area contributed by atoms with Crippen LogP contribution in [0.5, 0.6) is 0 Å². The Balaban J connectivity index is 1.68. The zero-order valence-corrected chi connectivity index (χ0v) is 25.8. The molecule has 2 amide bonds. The number of imidazole rings is 1. The van der Waals surface area contributed by atoms with Crippen LogP contribution in [-0.2, 0) is 17.7 Å².